The van der Waals surface area contributed by atoms with Crippen LogP contribution in [0.5, 0.6) is 0 Å². The molecule has 2 N–H and O–H groups in total. The van der Waals surface area contributed by atoms with Gasteiger partial charge in [0.05, 0.1) is 22.1 Å². The number of aryl methyl sites for hydroxylation is 1. The molecule has 0 atom stereocenters. The maximum atomic E-state index is 13.0. The van der Waals surface area contributed by atoms with E-state index >= 15 is 0 Å². The van der Waals surface area contributed by atoms with E-state index in [-0.39, 0.29) is 11.4 Å². The van der Waals surface area contributed by atoms with Gasteiger partial charge in [-0.25, -0.2) is 14.2 Å². The lowest BCUT2D eigenvalue weighted by Crippen LogP contribution is -2.34. The number of aromatic nitrogens is 3. The van der Waals surface area contributed by atoms with Gasteiger partial charge in [0.2, 0.25) is 0 Å². The average molecular weight is 414 g/mol. The highest BCUT2D eigenvalue weighted by molar-refractivity contribution is 9.10. The molecule has 0 saturated carbocycles. The van der Waals surface area contributed by atoms with Crippen LogP contribution in [-0.2, 0) is 7.05 Å². The van der Waals surface area contributed by atoms with Crippen LogP contribution in [0.1, 0.15) is 10.5 Å². The molecule has 4 aromatic rings. The number of nitrogens with zero attached hydrogens (tertiary/aromatic N) is 2. The highest BCUT2D eigenvalue weighted by Gasteiger charge is 2.25. The summed E-state index contributed by atoms with van der Waals surface area (Å²) in [7, 11) is 1.59. The van der Waals surface area contributed by atoms with Gasteiger partial charge >= 0.3 is 11.7 Å². The zero-order chi connectivity index (χ0) is 18.6. The van der Waals surface area contributed by atoms with Crippen LogP contribution >= 0.6 is 15.9 Å². The zero-order valence-corrected chi connectivity index (χ0v) is 15.1. The van der Waals surface area contributed by atoms with Crippen molar-refractivity contribution in [1.82, 2.24) is 14.1 Å². The van der Waals surface area contributed by atoms with Gasteiger partial charge in [-0.3, -0.25) is 4.79 Å². The number of para-hydroxylation sites is 1. The van der Waals surface area contributed by atoms with Crippen molar-refractivity contribution in [1.29, 1.82) is 0 Å². The van der Waals surface area contributed by atoms with Crippen LogP contribution in [0.3, 0.4) is 0 Å². The van der Waals surface area contributed by atoms with E-state index in [2.05, 4.69) is 20.9 Å². The van der Waals surface area contributed by atoms with E-state index in [1.54, 1.807) is 49.5 Å². The Morgan fingerprint density at radius 3 is 2.58 bits per heavy atom. The molecular weight excluding hydrogens is 402 g/mol. The van der Waals surface area contributed by atoms with Crippen LogP contribution in [0.2, 0.25) is 0 Å². The fourth-order valence-corrected chi connectivity index (χ4v) is 3.58. The van der Waals surface area contributed by atoms with E-state index < -0.39 is 17.2 Å². The van der Waals surface area contributed by atoms with E-state index in [1.165, 1.54) is 4.57 Å². The number of nitrogens with one attached hydrogen (secondary N) is 1. The van der Waals surface area contributed by atoms with Gasteiger partial charge in [-0.15, -0.1) is 0 Å². The maximum absolute atomic E-state index is 13.0. The molecule has 0 saturated heterocycles. The number of aromatic amines is 1. The lowest BCUT2D eigenvalue weighted by molar-refractivity contribution is 0.0687. The van der Waals surface area contributed by atoms with Crippen molar-refractivity contribution in [3.63, 3.8) is 0 Å². The Hall–Kier alpha value is -3.13. The van der Waals surface area contributed by atoms with Crippen molar-refractivity contribution < 1.29 is 9.90 Å². The Morgan fingerprint density at radius 2 is 1.85 bits per heavy atom. The normalized spacial score (nSPS) is 11.3. The van der Waals surface area contributed by atoms with Crippen LogP contribution in [0.15, 0.2) is 56.5 Å². The summed E-state index contributed by atoms with van der Waals surface area (Å²) in [6.07, 6.45) is 0. The summed E-state index contributed by atoms with van der Waals surface area (Å²) < 4.78 is 3.11. The number of carboxylic acids is 1. The first-order chi connectivity index (χ1) is 12.4. The Bertz CT molecular complexity index is 1330. The topological polar surface area (TPSA) is 97.1 Å². The largest absolute Gasteiger partial charge is 0.477 e. The Kier molecular flexibility index (Phi) is 3.58. The first-order valence-electron chi connectivity index (χ1n) is 7.66. The van der Waals surface area contributed by atoms with Crippen LogP contribution in [-0.4, -0.2) is 25.2 Å². The molecule has 26 heavy (non-hydrogen) atoms. The average Bonchev–Trinajstić information content (AvgIpc) is 2.87. The van der Waals surface area contributed by atoms with E-state index in [1.807, 2.05) is 0 Å². The van der Waals surface area contributed by atoms with Gasteiger partial charge in [0.25, 0.3) is 5.56 Å². The number of hydrogen-bond donors (Lipinski definition) is 2. The number of rotatable bonds is 2. The van der Waals surface area contributed by atoms with E-state index in [9.17, 15) is 19.5 Å². The maximum Gasteiger partial charge on any atom is 0.354 e. The molecule has 2 aromatic heterocycles. The lowest BCUT2D eigenvalue weighted by Gasteiger charge is -2.07. The SMILES string of the molecule is Cn1c(C(=O)O)c(-n2c(=O)[nH]c3ccccc3c2=O)c2ccc(Br)cc21. The second-order valence-electron chi connectivity index (χ2n) is 5.84. The first kappa shape index (κ1) is 16.3. The molecule has 7 nitrogen and oxygen atoms in total. The van der Waals surface area contributed by atoms with Crippen LogP contribution in [0.25, 0.3) is 27.5 Å². The molecule has 0 unspecified atom stereocenters. The summed E-state index contributed by atoms with van der Waals surface area (Å²) in [4.78, 5) is 40.2. The number of carbonyl (C=O) groups is 1. The minimum absolute atomic E-state index is 0.0551. The second kappa shape index (κ2) is 5.70. The molecule has 130 valence electrons. The number of carboxylic acid groups (broad SMARTS) is 1. The molecule has 0 aliphatic rings. The highest BCUT2D eigenvalue weighted by Crippen LogP contribution is 2.30. The van der Waals surface area contributed by atoms with Crippen LogP contribution in [0, 0.1) is 0 Å². The first-order valence-corrected chi connectivity index (χ1v) is 8.45. The van der Waals surface area contributed by atoms with E-state index in [4.69, 9.17) is 0 Å². The summed E-state index contributed by atoms with van der Waals surface area (Å²) in [5, 5.41) is 10.5. The van der Waals surface area contributed by atoms with Gasteiger partial charge in [-0.1, -0.05) is 28.1 Å². The second-order valence-corrected chi connectivity index (χ2v) is 6.75. The molecule has 0 spiro atoms. The number of halogens is 1. The van der Waals surface area contributed by atoms with Crippen LogP contribution in [0.4, 0.5) is 0 Å². The van der Waals surface area contributed by atoms with Crippen molar-refractivity contribution in [2.24, 2.45) is 7.05 Å². The molecule has 2 heterocycles. The third kappa shape index (κ3) is 2.22. The molecular formula is C18H12BrN3O4. The molecule has 0 fully saturated rings. The molecule has 0 amide bonds. The van der Waals surface area contributed by atoms with Gasteiger partial charge in [0, 0.05) is 16.9 Å². The molecule has 0 bridgehead atoms. The minimum Gasteiger partial charge on any atom is -0.477 e. The number of H-pyrrole nitrogens is 1. The number of hydrogen-bond acceptors (Lipinski definition) is 3. The van der Waals surface area contributed by atoms with Crippen LogP contribution < -0.4 is 11.2 Å². The Labute approximate surface area is 154 Å². The van der Waals surface area contributed by atoms with Crippen molar-refractivity contribution >= 4 is 43.7 Å². The Morgan fingerprint density at radius 1 is 1.12 bits per heavy atom. The molecule has 2 aromatic carbocycles. The fraction of sp³-hybridized carbons (Fsp3) is 0.0556. The van der Waals surface area contributed by atoms with Crippen molar-refractivity contribution in [2.45, 2.75) is 0 Å². The Balaban J connectivity index is 2.25. The van der Waals surface area contributed by atoms with Gasteiger partial charge < -0.3 is 14.7 Å². The fourth-order valence-electron chi connectivity index (χ4n) is 3.23. The molecule has 4 rings (SSSR count). The summed E-state index contributed by atoms with van der Waals surface area (Å²) in [6.45, 7) is 0. The van der Waals surface area contributed by atoms with Gasteiger partial charge in [0.15, 0.2) is 5.69 Å². The molecule has 0 aliphatic heterocycles. The lowest BCUT2D eigenvalue weighted by atomic mass is 10.2. The highest BCUT2D eigenvalue weighted by atomic mass is 79.9. The predicted octanol–water partition coefficient (Wildman–Crippen LogP) is 2.63. The summed E-state index contributed by atoms with van der Waals surface area (Å²) >= 11 is 3.36. The molecule has 0 radical (unpaired) electrons. The quantitative estimate of drug-likeness (QED) is 0.527. The van der Waals surface area contributed by atoms with Crippen molar-refractivity contribution in [2.75, 3.05) is 0 Å². The standard InChI is InChI=1S/C18H12BrN3O4/c1-21-13-8-9(19)6-7-11(13)14(15(21)17(24)25)22-16(23)10-4-2-3-5-12(10)20-18(22)26/h2-8H,1H3,(H,20,26)(H,24,25). The van der Waals surface area contributed by atoms with Crippen molar-refractivity contribution in [3.8, 4) is 5.69 Å². The van der Waals surface area contributed by atoms with Crippen molar-refractivity contribution in [3.05, 3.63) is 73.5 Å². The van der Waals surface area contributed by atoms with E-state index in [0.717, 1.165) is 9.04 Å². The summed E-state index contributed by atoms with van der Waals surface area (Å²) in [5.41, 5.74) is -0.348. The summed E-state index contributed by atoms with van der Waals surface area (Å²) in [6, 6.07) is 11.8. The zero-order valence-electron chi connectivity index (χ0n) is 13.5. The molecule has 0 aliphatic carbocycles. The number of aromatic carboxylic acids is 1. The monoisotopic (exact) mass is 413 g/mol. The third-order valence-corrected chi connectivity index (χ3v) is 4.86. The third-order valence-electron chi connectivity index (χ3n) is 4.37. The number of benzene rings is 2. The number of fused-ring (bicyclic) bond motifs is 2. The predicted molar refractivity (Wildman–Crippen MR) is 101 cm³/mol. The minimum atomic E-state index is -1.23. The summed E-state index contributed by atoms with van der Waals surface area (Å²) in [5.74, 6) is -1.23. The van der Waals surface area contributed by atoms with Gasteiger partial charge in [-0.2, -0.15) is 0 Å². The molecule has 8 heteroatoms. The smallest absolute Gasteiger partial charge is 0.354 e. The van der Waals surface area contributed by atoms with E-state index in [0.29, 0.717) is 21.8 Å². The van der Waals surface area contributed by atoms with Gasteiger partial charge in [0.1, 0.15) is 0 Å². The van der Waals surface area contributed by atoms with Gasteiger partial charge in [-0.05, 0) is 30.3 Å².